The summed E-state index contributed by atoms with van der Waals surface area (Å²) in [6, 6.07) is 1.58. The number of amides is 2. The van der Waals surface area contributed by atoms with Gasteiger partial charge in [-0.25, -0.2) is 9.67 Å². The van der Waals surface area contributed by atoms with Crippen LogP contribution in [0.25, 0.3) is 0 Å². The van der Waals surface area contributed by atoms with Crippen LogP contribution in [0.15, 0.2) is 17.3 Å². The Labute approximate surface area is 152 Å². The van der Waals surface area contributed by atoms with E-state index in [2.05, 4.69) is 39.7 Å². The lowest BCUT2D eigenvalue weighted by Gasteiger charge is -2.26. The fourth-order valence-electron chi connectivity index (χ4n) is 4.03. The average Bonchev–Trinajstić information content (AvgIpc) is 3.29. The highest BCUT2D eigenvalue weighted by Crippen LogP contribution is 2.30. The van der Waals surface area contributed by atoms with Crippen molar-refractivity contribution in [2.45, 2.75) is 57.9 Å². The lowest BCUT2D eigenvalue weighted by atomic mass is 10.0. The molecule has 0 aromatic carbocycles. The topological polar surface area (TPSA) is 94.9 Å². The minimum Gasteiger partial charge on any atom is -0.337 e. The van der Waals surface area contributed by atoms with E-state index in [0.717, 1.165) is 18.7 Å². The van der Waals surface area contributed by atoms with E-state index in [4.69, 9.17) is 0 Å². The Bertz CT molecular complexity index is 756. The first-order chi connectivity index (χ1) is 12.5. The molecule has 4 rings (SSSR count). The Hall–Kier alpha value is -2.42. The number of hydrogen-bond donors (Lipinski definition) is 2. The number of amidine groups is 1. The molecule has 0 aliphatic carbocycles. The molecule has 1 aromatic heterocycles. The maximum atomic E-state index is 12.7. The van der Waals surface area contributed by atoms with Crippen LogP contribution in [0.1, 0.15) is 33.1 Å². The monoisotopic (exact) mass is 359 g/mol. The maximum absolute atomic E-state index is 12.7. The summed E-state index contributed by atoms with van der Waals surface area (Å²) in [6.07, 6.45) is 4.21. The zero-order valence-corrected chi connectivity index (χ0v) is 15.3. The zero-order valence-electron chi connectivity index (χ0n) is 15.3. The van der Waals surface area contributed by atoms with E-state index in [1.807, 2.05) is 0 Å². The van der Waals surface area contributed by atoms with Crippen molar-refractivity contribution in [1.82, 2.24) is 25.5 Å². The van der Waals surface area contributed by atoms with Gasteiger partial charge in [0, 0.05) is 25.7 Å². The summed E-state index contributed by atoms with van der Waals surface area (Å²) in [7, 11) is 1.70. The molecule has 3 aliphatic heterocycles. The van der Waals surface area contributed by atoms with Crippen molar-refractivity contribution >= 4 is 23.5 Å². The number of hydrogen-bond acceptors (Lipinski definition) is 6. The number of aliphatic imine (C=N–C) groups is 1. The van der Waals surface area contributed by atoms with Crippen LogP contribution in [0.2, 0.25) is 0 Å². The Kier molecular flexibility index (Phi) is 4.18. The largest absolute Gasteiger partial charge is 0.337 e. The standard InChI is InChI=1S/C17H25N7O2/c1-10(2)12-4-5-13-20-15(21-24(12)13)16(25)19-11-7-9-23-14(6-8-18-23)22(3)17(11)26/h6,8,10-13H,4-5,7,9H2,1-3H3,(H,19,25)(H,20,21)/t11-,12?,13?/m0/s1. The summed E-state index contributed by atoms with van der Waals surface area (Å²) in [5.41, 5.74) is 3.16. The van der Waals surface area contributed by atoms with Gasteiger partial charge in [0.2, 0.25) is 5.84 Å². The summed E-state index contributed by atoms with van der Waals surface area (Å²) in [4.78, 5) is 31.4. The maximum Gasteiger partial charge on any atom is 0.288 e. The molecule has 0 saturated carbocycles. The van der Waals surface area contributed by atoms with Gasteiger partial charge in [0.15, 0.2) is 0 Å². The summed E-state index contributed by atoms with van der Waals surface area (Å²) < 4.78 is 1.78. The molecule has 9 heteroatoms. The van der Waals surface area contributed by atoms with Gasteiger partial charge in [-0.3, -0.25) is 19.9 Å². The number of nitrogens with one attached hydrogen (secondary N) is 2. The molecular weight excluding hydrogens is 334 g/mol. The van der Waals surface area contributed by atoms with Crippen LogP contribution >= 0.6 is 0 Å². The van der Waals surface area contributed by atoms with Crippen molar-refractivity contribution in [3.05, 3.63) is 12.3 Å². The van der Waals surface area contributed by atoms with Crippen molar-refractivity contribution in [3.8, 4) is 0 Å². The van der Waals surface area contributed by atoms with Gasteiger partial charge in [0.1, 0.15) is 18.0 Å². The van der Waals surface area contributed by atoms with E-state index in [9.17, 15) is 9.59 Å². The average molecular weight is 359 g/mol. The van der Waals surface area contributed by atoms with E-state index in [-0.39, 0.29) is 18.0 Å². The second-order valence-corrected chi connectivity index (χ2v) is 7.49. The van der Waals surface area contributed by atoms with Crippen LogP contribution in [0, 0.1) is 5.92 Å². The molecule has 0 bridgehead atoms. The van der Waals surface area contributed by atoms with E-state index in [1.54, 1.807) is 28.9 Å². The van der Waals surface area contributed by atoms with Gasteiger partial charge in [-0.1, -0.05) is 13.8 Å². The third kappa shape index (κ3) is 2.76. The van der Waals surface area contributed by atoms with Gasteiger partial charge < -0.3 is 5.32 Å². The normalized spacial score (nSPS) is 28.5. The summed E-state index contributed by atoms with van der Waals surface area (Å²) in [5, 5.41) is 9.15. The van der Waals surface area contributed by atoms with E-state index in [1.165, 1.54) is 0 Å². The summed E-state index contributed by atoms with van der Waals surface area (Å²) in [6.45, 7) is 4.93. The van der Waals surface area contributed by atoms with Gasteiger partial charge in [0.05, 0.1) is 6.20 Å². The molecule has 1 saturated heterocycles. The van der Waals surface area contributed by atoms with Crippen LogP contribution in [0.3, 0.4) is 0 Å². The lowest BCUT2D eigenvalue weighted by molar-refractivity contribution is -0.124. The Morgan fingerprint density at radius 1 is 1.35 bits per heavy atom. The van der Waals surface area contributed by atoms with Gasteiger partial charge in [-0.15, -0.1) is 0 Å². The van der Waals surface area contributed by atoms with E-state index in [0.29, 0.717) is 30.8 Å². The Balaban J connectivity index is 1.43. The molecule has 3 atom stereocenters. The van der Waals surface area contributed by atoms with Crippen LogP contribution in [0.5, 0.6) is 0 Å². The Morgan fingerprint density at radius 3 is 2.92 bits per heavy atom. The number of likely N-dealkylation sites (N-methyl/N-ethyl adjacent to an activating group) is 1. The van der Waals surface area contributed by atoms with Crippen molar-refractivity contribution in [1.29, 1.82) is 0 Å². The van der Waals surface area contributed by atoms with Crippen molar-refractivity contribution in [2.24, 2.45) is 10.9 Å². The first kappa shape index (κ1) is 17.0. The van der Waals surface area contributed by atoms with Gasteiger partial charge >= 0.3 is 0 Å². The van der Waals surface area contributed by atoms with Crippen LogP contribution < -0.4 is 15.6 Å². The SMILES string of the molecule is CC(C)C1CCC2N=C(C(=O)N[C@H]3CCn4nccc4N(C)C3=O)NN21. The van der Waals surface area contributed by atoms with Crippen LogP contribution in [-0.4, -0.2) is 57.7 Å². The quantitative estimate of drug-likeness (QED) is 0.798. The lowest BCUT2D eigenvalue weighted by Crippen LogP contribution is -2.53. The molecule has 0 spiro atoms. The number of fused-ring (bicyclic) bond motifs is 2. The second kappa shape index (κ2) is 6.39. The smallest absolute Gasteiger partial charge is 0.288 e. The number of aryl methyl sites for hydroxylation is 1. The number of rotatable bonds is 3. The van der Waals surface area contributed by atoms with Gasteiger partial charge in [-0.05, 0) is 25.2 Å². The van der Waals surface area contributed by atoms with Crippen molar-refractivity contribution < 1.29 is 9.59 Å². The molecule has 2 N–H and O–H groups in total. The van der Waals surface area contributed by atoms with Crippen LogP contribution in [-0.2, 0) is 16.1 Å². The fourth-order valence-corrected chi connectivity index (χ4v) is 4.03. The molecule has 2 unspecified atom stereocenters. The zero-order chi connectivity index (χ0) is 18.4. The third-order valence-corrected chi connectivity index (χ3v) is 5.50. The number of aromatic nitrogens is 2. The molecule has 4 heterocycles. The van der Waals surface area contributed by atoms with E-state index >= 15 is 0 Å². The molecule has 0 radical (unpaired) electrons. The molecular formula is C17H25N7O2. The Morgan fingerprint density at radius 2 is 2.15 bits per heavy atom. The third-order valence-electron chi connectivity index (χ3n) is 5.50. The van der Waals surface area contributed by atoms with Crippen LogP contribution in [0.4, 0.5) is 5.82 Å². The molecule has 26 heavy (non-hydrogen) atoms. The summed E-state index contributed by atoms with van der Waals surface area (Å²) >= 11 is 0. The number of hydrazine groups is 1. The predicted molar refractivity (Wildman–Crippen MR) is 96.2 cm³/mol. The number of carbonyl (C=O) groups excluding carboxylic acids is 2. The minimum atomic E-state index is -0.588. The second-order valence-electron chi connectivity index (χ2n) is 7.49. The molecule has 1 fully saturated rings. The summed E-state index contributed by atoms with van der Waals surface area (Å²) in [5.74, 6) is 1.07. The minimum absolute atomic E-state index is 0.0145. The fraction of sp³-hybridized carbons (Fsp3) is 0.647. The molecule has 2 amide bonds. The first-order valence-corrected chi connectivity index (χ1v) is 9.18. The molecule has 3 aliphatic rings. The first-order valence-electron chi connectivity index (χ1n) is 9.18. The molecule has 9 nitrogen and oxygen atoms in total. The van der Waals surface area contributed by atoms with Gasteiger partial charge in [-0.2, -0.15) is 10.1 Å². The van der Waals surface area contributed by atoms with Crippen molar-refractivity contribution in [2.75, 3.05) is 11.9 Å². The number of carbonyl (C=O) groups is 2. The highest BCUT2D eigenvalue weighted by molar-refractivity contribution is 6.38. The predicted octanol–water partition coefficient (Wildman–Crippen LogP) is 0.0976. The van der Waals surface area contributed by atoms with Crippen molar-refractivity contribution in [3.63, 3.8) is 0 Å². The molecule has 140 valence electrons. The van der Waals surface area contributed by atoms with E-state index < -0.39 is 6.04 Å². The molecule has 1 aromatic rings. The highest BCUT2D eigenvalue weighted by atomic mass is 16.2. The highest BCUT2D eigenvalue weighted by Gasteiger charge is 2.41. The van der Waals surface area contributed by atoms with Gasteiger partial charge in [0.25, 0.3) is 11.8 Å². The number of anilines is 1. The number of nitrogens with zero attached hydrogens (tertiary/aromatic N) is 5.